The highest BCUT2D eigenvalue weighted by Gasteiger charge is 2.37. The first-order valence-corrected chi connectivity index (χ1v) is 9.94. The predicted octanol–water partition coefficient (Wildman–Crippen LogP) is 6.09. The Morgan fingerprint density at radius 1 is 1.07 bits per heavy atom. The molecule has 1 aliphatic carbocycles. The molecule has 0 fully saturated rings. The van der Waals surface area contributed by atoms with Gasteiger partial charge in [-0.2, -0.15) is 0 Å². The van der Waals surface area contributed by atoms with E-state index in [1.807, 2.05) is 6.07 Å². The van der Waals surface area contributed by atoms with Crippen LogP contribution in [-0.4, -0.2) is 18.1 Å². The third-order valence-electron chi connectivity index (χ3n) is 6.20. The smallest absolute Gasteiger partial charge is 0.339 e. The molecule has 1 heterocycles. The Bertz CT molecular complexity index is 934. The normalized spacial score (nSPS) is 17.8. The van der Waals surface area contributed by atoms with Gasteiger partial charge in [-0.05, 0) is 83.6 Å². The summed E-state index contributed by atoms with van der Waals surface area (Å²) in [5.74, 6) is -0.365. The highest BCUT2D eigenvalue weighted by molar-refractivity contribution is 5.89. The zero-order valence-electron chi connectivity index (χ0n) is 18.1. The first-order valence-electron chi connectivity index (χ1n) is 9.94. The molecule has 0 amide bonds. The van der Waals surface area contributed by atoms with Gasteiger partial charge in [0.25, 0.3) is 0 Å². The molecule has 3 heteroatoms. The van der Waals surface area contributed by atoms with Crippen molar-refractivity contribution in [3.05, 3.63) is 64.0 Å². The third kappa shape index (κ3) is 3.76. The Hall–Kier alpha value is -2.42. The maximum Gasteiger partial charge on any atom is 0.339 e. The number of fused-ring (bicyclic) bond motifs is 1. The number of esters is 1. The second-order valence-corrected chi connectivity index (χ2v) is 9.27. The fourth-order valence-corrected chi connectivity index (χ4v) is 4.07. The van der Waals surface area contributed by atoms with Gasteiger partial charge in [0.15, 0.2) is 0 Å². The minimum atomic E-state index is -0.365. The number of allylic oxidation sites excluding steroid dienone is 1. The molecular weight excluding hydrogens is 346 g/mol. The number of aryl methyl sites for hydroxylation is 1. The van der Waals surface area contributed by atoms with Gasteiger partial charge in [0.2, 0.25) is 0 Å². The van der Waals surface area contributed by atoms with Crippen LogP contribution in [0, 0.1) is 6.92 Å². The Morgan fingerprint density at radius 3 is 2.21 bits per heavy atom. The molecule has 0 N–H and O–H groups in total. The molecule has 1 aromatic heterocycles. The molecule has 0 unspecified atom stereocenters. The minimum absolute atomic E-state index is 0.190. The molecule has 3 nitrogen and oxygen atoms in total. The molecule has 1 aliphatic rings. The van der Waals surface area contributed by atoms with Crippen LogP contribution in [0.25, 0.3) is 11.6 Å². The molecule has 0 radical (unpaired) electrons. The van der Waals surface area contributed by atoms with Crippen molar-refractivity contribution in [2.75, 3.05) is 7.11 Å². The van der Waals surface area contributed by atoms with Crippen molar-refractivity contribution >= 4 is 17.6 Å². The van der Waals surface area contributed by atoms with Crippen LogP contribution in [0.5, 0.6) is 0 Å². The van der Waals surface area contributed by atoms with Gasteiger partial charge in [-0.15, -0.1) is 0 Å². The van der Waals surface area contributed by atoms with Gasteiger partial charge in [0.05, 0.1) is 18.4 Å². The lowest BCUT2D eigenvalue weighted by Gasteiger charge is -2.42. The zero-order chi connectivity index (χ0) is 20.7. The van der Waals surface area contributed by atoms with E-state index in [9.17, 15) is 4.79 Å². The summed E-state index contributed by atoms with van der Waals surface area (Å²) in [4.78, 5) is 16.0. The van der Waals surface area contributed by atoms with E-state index in [1.165, 1.54) is 42.2 Å². The van der Waals surface area contributed by atoms with Crippen LogP contribution in [0.15, 0.2) is 30.5 Å². The first-order chi connectivity index (χ1) is 13.0. The summed E-state index contributed by atoms with van der Waals surface area (Å²) in [6, 6.07) is 8.39. The number of rotatable bonds is 3. The maximum absolute atomic E-state index is 11.6. The van der Waals surface area contributed by atoms with E-state index in [-0.39, 0.29) is 16.8 Å². The summed E-state index contributed by atoms with van der Waals surface area (Å²) < 4.78 is 4.74. The highest BCUT2D eigenvalue weighted by Crippen LogP contribution is 2.46. The highest BCUT2D eigenvalue weighted by atomic mass is 16.5. The lowest BCUT2D eigenvalue weighted by atomic mass is 9.62. The summed E-state index contributed by atoms with van der Waals surface area (Å²) in [5, 5.41) is 0. The van der Waals surface area contributed by atoms with Crippen molar-refractivity contribution in [3.63, 3.8) is 0 Å². The van der Waals surface area contributed by atoms with Crippen LogP contribution in [0.1, 0.15) is 85.8 Å². The number of methoxy groups -OCH3 is 1. The van der Waals surface area contributed by atoms with Crippen LogP contribution >= 0.6 is 0 Å². The van der Waals surface area contributed by atoms with Crippen LogP contribution in [0.2, 0.25) is 0 Å². The second kappa shape index (κ2) is 7.20. The van der Waals surface area contributed by atoms with Gasteiger partial charge in [0.1, 0.15) is 0 Å². The van der Waals surface area contributed by atoms with Gasteiger partial charge < -0.3 is 4.74 Å². The van der Waals surface area contributed by atoms with E-state index in [0.29, 0.717) is 5.56 Å². The third-order valence-corrected chi connectivity index (χ3v) is 6.20. The molecule has 0 aliphatic heterocycles. The van der Waals surface area contributed by atoms with E-state index in [0.717, 1.165) is 11.3 Å². The molecule has 2 aromatic rings. The van der Waals surface area contributed by atoms with Crippen LogP contribution < -0.4 is 0 Å². The SMILES string of the molecule is COC(=O)c1ccc(/C(C)=C\c2cc3c(cc2C)C(C)(C)CCC3(C)C)nc1. The van der Waals surface area contributed by atoms with Crippen molar-refractivity contribution in [2.24, 2.45) is 0 Å². The van der Waals surface area contributed by atoms with E-state index in [1.54, 1.807) is 12.3 Å². The first kappa shape index (κ1) is 20.3. The van der Waals surface area contributed by atoms with E-state index >= 15 is 0 Å². The average Bonchev–Trinajstić information content (AvgIpc) is 2.66. The van der Waals surface area contributed by atoms with Crippen molar-refractivity contribution in [1.29, 1.82) is 0 Å². The topological polar surface area (TPSA) is 39.2 Å². The largest absolute Gasteiger partial charge is 0.465 e. The predicted molar refractivity (Wildman–Crippen MR) is 116 cm³/mol. The van der Waals surface area contributed by atoms with Crippen molar-refractivity contribution < 1.29 is 9.53 Å². The number of nitrogens with zero attached hydrogens (tertiary/aromatic N) is 1. The number of aromatic nitrogens is 1. The molecule has 148 valence electrons. The fraction of sp³-hybridized carbons (Fsp3) is 0.440. The number of carbonyl (C=O) groups is 1. The molecule has 0 spiro atoms. The van der Waals surface area contributed by atoms with Gasteiger partial charge >= 0.3 is 5.97 Å². The molecule has 0 saturated heterocycles. The number of hydrogen-bond acceptors (Lipinski definition) is 3. The molecule has 1 aromatic carbocycles. The summed E-state index contributed by atoms with van der Waals surface area (Å²) in [6.07, 6.45) is 6.20. The minimum Gasteiger partial charge on any atom is -0.465 e. The summed E-state index contributed by atoms with van der Waals surface area (Å²) in [6.45, 7) is 13.7. The monoisotopic (exact) mass is 377 g/mol. The van der Waals surface area contributed by atoms with Crippen LogP contribution in [0.3, 0.4) is 0 Å². The molecule has 0 atom stereocenters. The Labute approximate surface area is 168 Å². The Balaban J connectivity index is 2.01. The Kier molecular flexibility index (Phi) is 5.22. The van der Waals surface area contributed by atoms with Gasteiger partial charge in [-0.3, -0.25) is 4.98 Å². The number of carbonyl (C=O) groups excluding carboxylic acids is 1. The molecule has 28 heavy (non-hydrogen) atoms. The van der Waals surface area contributed by atoms with Gasteiger partial charge in [-0.1, -0.05) is 39.8 Å². The van der Waals surface area contributed by atoms with Crippen molar-refractivity contribution in [3.8, 4) is 0 Å². The summed E-state index contributed by atoms with van der Waals surface area (Å²) in [7, 11) is 1.38. The summed E-state index contributed by atoms with van der Waals surface area (Å²) in [5.41, 5.74) is 8.29. The lowest BCUT2D eigenvalue weighted by Crippen LogP contribution is -2.34. The maximum atomic E-state index is 11.6. The lowest BCUT2D eigenvalue weighted by molar-refractivity contribution is 0.0600. The van der Waals surface area contributed by atoms with Crippen molar-refractivity contribution in [1.82, 2.24) is 4.98 Å². The number of benzene rings is 1. The molecule has 0 bridgehead atoms. The van der Waals surface area contributed by atoms with E-state index in [2.05, 4.69) is 64.7 Å². The average molecular weight is 378 g/mol. The number of hydrogen-bond donors (Lipinski definition) is 0. The van der Waals surface area contributed by atoms with E-state index < -0.39 is 0 Å². The fourth-order valence-electron chi connectivity index (χ4n) is 4.07. The van der Waals surface area contributed by atoms with Crippen LogP contribution in [0.4, 0.5) is 0 Å². The zero-order valence-corrected chi connectivity index (χ0v) is 18.1. The van der Waals surface area contributed by atoms with Gasteiger partial charge in [-0.25, -0.2) is 4.79 Å². The van der Waals surface area contributed by atoms with Crippen molar-refractivity contribution in [2.45, 2.75) is 65.2 Å². The van der Waals surface area contributed by atoms with Gasteiger partial charge in [0, 0.05) is 6.20 Å². The standard InChI is InChI=1S/C25H31NO2/c1-16-13-20-21(25(5,6)11-10-24(20,3)4)14-19(16)12-17(2)22-9-8-18(15-26-22)23(27)28-7/h8-9,12-15H,10-11H2,1-7H3/b17-12-. The molecule has 0 saturated carbocycles. The Morgan fingerprint density at radius 2 is 1.68 bits per heavy atom. The number of ether oxygens (including phenoxy) is 1. The molecule has 3 rings (SSSR count). The quantitative estimate of drug-likeness (QED) is 0.608. The van der Waals surface area contributed by atoms with E-state index in [4.69, 9.17) is 4.74 Å². The van der Waals surface area contributed by atoms with Crippen LogP contribution in [-0.2, 0) is 15.6 Å². The molecular formula is C25H31NO2. The number of pyridine rings is 1. The second-order valence-electron chi connectivity index (χ2n) is 9.27. The summed E-state index contributed by atoms with van der Waals surface area (Å²) >= 11 is 0.